The summed E-state index contributed by atoms with van der Waals surface area (Å²) in [4.78, 5) is 0. The Bertz CT molecular complexity index is 361. The van der Waals surface area contributed by atoms with Gasteiger partial charge in [0.15, 0.2) is 0 Å². The number of ether oxygens (including phenoxy) is 1. The number of halogens is 1. The topological polar surface area (TPSA) is 35.2 Å². The molecule has 0 saturated heterocycles. The molecule has 0 heterocycles. The van der Waals surface area contributed by atoms with Gasteiger partial charge in [-0.2, -0.15) is 0 Å². The maximum atomic E-state index is 13.4. The van der Waals surface area contributed by atoms with E-state index in [0.717, 1.165) is 5.57 Å². The second-order valence-electron chi connectivity index (χ2n) is 3.72. The molecule has 0 spiro atoms. The van der Waals surface area contributed by atoms with Gasteiger partial charge in [-0.05, 0) is 25.5 Å². The van der Waals surface area contributed by atoms with E-state index in [2.05, 4.69) is 6.58 Å². The highest BCUT2D eigenvalue weighted by molar-refractivity contribution is 5.30. The molecule has 2 nitrogen and oxygen atoms in total. The van der Waals surface area contributed by atoms with E-state index in [0.29, 0.717) is 17.9 Å². The normalized spacial score (nSPS) is 12.3. The molecular formula is C12H16FNO. The molecule has 1 atom stereocenters. The molecule has 1 rings (SSSR count). The van der Waals surface area contributed by atoms with Crippen LogP contribution in [0.1, 0.15) is 25.5 Å². The number of nitrogens with two attached hydrogens (primary N) is 1. The van der Waals surface area contributed by atoms with Gasteiger partial charge in [0, 0.05) is 17.7 Å². The van der Waals surface area contributed by atoms with E-state index in [4.69, 9.17) is 10.5 Å². The summed E-state index contributed by atoms with van der Waals surface area (Å²) in [6.45, 7) is 7.70. The molecule has 1 aromatic rings. The monoisotopic (exact) mass is 209 g/mol. The largest absolute Gasteiger partial charge is 0.489 e. The lowest BCUT2D eigenvalue weighted by Crippen LogP contribution is -2.07. The molecule has 0 aliphatic rings. The highest BCUT2D eigenvalue weighted by Crippen LogP contribution is 2.20. The van der Waals surface area contributed by atoms with Crippen LogP contribution in [0.3, 0.4) is 0 Å². The van der Waals surface area contributed by atoms with Crippen LogP contribution in [-0.4, -0.2) is 6.61 Å². The van der Waals surface area contributed by atoms with Crippen molar-refractivity contribution < 1.29 is 9.13 Å². The number of rotatable bonds is 4. The molecule has 15 heavy (non-hydrogen) atoms. The second-order valence-corrected chi connectivity index (χ2v) is 3.72. The first kappa shape index (κ1) is 11.7. The summed E-state index contributed by atoms with van der Waals surface area (Å²) < 4.78 is 18.7. The standard InChI is InChI=1S/C12H16FNO/c1-8(2)7-15-10-4-5-11(9(3)14)12(13)6-10/h4-6,9H,1,7,14H2,2-3H3/t9-/m1/s1. The molecule has 0 aliphatic carbocycles. The summed E-state index contributed by atoms with van der Waals surface area (Å²) in [6.07, 6.45) is 0. The molecule has 0 amide bonds. The first-order valence-corrected chi connectivity index (χ1v) is 4.83. The average molecular weight is 209 g/mol. The van der Waals surface area contributed by atoms with Gasteiger partial charge < -0.3 is 10.5 Å². The van der Waals surface area contributed by atoms with Crippen LogP contribution in [0.15, 0.2) is 30.4 Å². The van der Waals surface area contributed by atoms with E-state index >= 15 is 0 Å². The summed E-state index contributed by atoms with van der Waals surface area (Å²) in [6, 6.07) is 4.40. The highest BCUT2D eigenvalue weighted by Gasteiger charge is 2.07. The van der Waals surface area contributed by atoms with E-state index in [-0.39, 0.29) is 11.9 Å². The molecular weight excluding hydrogens is 193 g/mol. The lowest BCUT2D eigenvalue weighted by atomic mass is 10.1. The summed E-state index contributed by atoms with van der Waals surface area (Å²) in [7, 11) is 0. The first-order chi connectivity index (χ1) is 7.00. The van der Waals surface area contributed by atoms with Gasteiger partial charge in [-0.25, -0.2) is 4.39 Å². The van der Waals surface area contributed by atoms with Gasteiger partial charge in [-0.1, -0.05) is 12.6 Å². The zero-order valence-corrected chi connectivity index (χ0v) is 9.09. The van der Waals surface area contributed by atoms with Crippen LogP contribution in [0.4, 0.5) is 4.39 Å². The van der Waals surface area contributed by atoms with Crippen molar-refractivity contribution in [2.75, 3.05) is 6.61 Å². The summed E-state index contributed by atoms with van der Waals surface area (Å²) in [5, 5.41) is 0. The van der Waals surface area contributed by atoms with Gasteiger partial charge in [-0.3, -0.25) is 0 Å². The minimum atomic E-state index is -0.329. The van der Waals surface area contributed by atoms with E-state index in [1.54, 1.807) is 19.1 Å². The fourth-order valence-electron chi connectivity index (χ4n) is 1.17. The second kappa shape index (κ2) is 4.94. The maximum Gasteiger partial charge on any atom is 0.131 e. The van der Waals surface area contributed by atoms with Crippen molar-refractivity contribution in [1.29, 1.82) is 0 Å². The van der Waals surface area contributed by atoms with Crippen LogP contribution < -0.4 is 10.5 Å². The van der Waals surface area contributed by atoms with Crippen molar-refractivity contribution in [2.45, 2.75) is 19.9 Å². The number of benzene rings is 1. The molecule has 2 N–H and O–H groups in total. The van der Waals surface area contributed by atoms with Crippen LogP contribution in [0, 0.1) is 5.82 Å². The lowest BCUT2D eigenvalue weighted by Gasteiger charge is -2.10. The average Bonchev–Trinajstić information content (AvgIpc) is 2.14. The highest BCUT2D eigenvalue weighted by atomic mass is 19.1. The molecule has 0 fully saturated rings. The Morgan fingerprint density at radius 1 is 1.60 bits per heavy atom. The first-order valence-electron chi connectivity index (χ1n) is 4.83. The van der Waals surface area contributed by atoms with Gasteiger partial charge in [0.1, 0.15) is 18.2 Å². The summed E-state index contributed by atoms with van der Waals surface area (Å²) >= 11 is 0. The van der Waals surface area contributed by atoms with Crippen molar-refractivity contribution in [1.82, 2.24) is 0 Å². The Morgan fingerprint density at radius 3 is 2.73 bits per heavy atom. The maximum absolute atomic E-state index is 13.4. The fraction of sp³-hybridized carbons (Fsp3) is 0.333. The van der Waals surface area contributed by atoms with Crippen LogP contribution in [-0.2, 0) is 0 Å². The van der Waals surface area contributed by atoms with Crippen molar-refractivity contribution in [3.05, 3.63) is 41.7 Å². The van der Waals surface area contributed by atoms with Gasteiger partial charge in [-0.15, -0.1) is 0 Å². The Labute approximate surface area is 89.6 Å². The predicted octanol–water partition coefficient (Wildman–Crippen LogP) is 2.80. The fourth-order valence-corrected chi connectivity index (χ4v) is 1.17. The van der Waals surface area contributed by atoms with Crippen molar-refractivity contribution >= 4 is 0 Å². The summed E-state index contributed by atoms with van der Waals surface area (Å²) in [5.41, 5.74) is 6.98. The molecule has 0 unspecified atom stereocenters. The van der Waals surface area contributed by atoms with E-state index < -0.39 is 0 Å². The molecule has 0 aromatic heterocycles. The summed E-state index contributed by atoms with van der Waals surface area (Å²) in [5.74, 6) is 0.170. The van der Waals surface area contributed by atoms with Crippen molar-refractivity contribution in [3.8, 4) is 5.75 Å². The third-order valence-corrected chi connectivity index (χ3v) is 1.95. The Hall–Kier alpha value is -1.35. The third-order valence-electron chi connectivity index (χ3n) is 1.95. The minimum Gasteiger partial charge on any atom is -0.489 e. The van der Waals surface area contributed by atoms with Gasteiger partial charge >= 0.3 is 0 Å². The Morgan fingerprint density at radius 2 is 2.27 bits per heavy atom. The lowest BCUT2D eigenvalue weighted by molar-refractivity contribution is 0.350. The molecule has 3 heteroatoms. The third kappa shape index (κ3) is 3.36. The van der Waals surface area contributed by atoms with Crippen LogP contribution in [0.2, 0.25) is 0 Å². The SMILES string of the molecule is C=C(C)COc1ccc([C@@H](C)N)c(F)c1. The zero-order valence-electron chi connectivity index (χ0n) is 9.09. The molecule has 82 valence electrons. The Balaban J connectivity index is 2.77. The molecule has 0 saturated carbocycles. The molecule has 0 radical (unpaired) electrons. The number of hydrogen-bond acceptors (Lipinski definition) is 2. The van der Waals surface area contributed by atoms with Gasteiger partial charge in [0.2, 0.25) is 0 Å². The quantitative estimate of drug-likeness (QED) is 0.774. The number of hydrogen-bond donors (Lipinski definition) is 1. The van der Waals surface area contributed by atoms with E-state index in [9.17, 15) is 4.39 Å². The van der Waals surface area contributed by atoms with Crippen LogP contribution in [0.5, 0.6) is 5.75 Å². The Kier molecular flexibility index (Phi) is 3.86. The predicted molar refractivity (Wildman–Crippen MR) is 59.3 cm³/mol. The van der Waals surface area contributed by atoms with E-state index in [1.165, 1.54) is 6.07 Å². The zero-order chi connectivity index (χ0) is 11.4. The molecule has 0 bridgehead atoms. The molecule has 0 aliphatic heterocycles. The van der Waals surface area contributed by atoms with Crippen LogP contribution in [0.25, 0.3) is 0 Å². The molecule has 1 aromatic carbocycles. The van der Waals surface area contributed by atoms with Crippen LogP contribution >= 0.6 is 0 Å². The van der Waals surface area contributed by atoms with Gasteiger partial charge in [0.25, 0.3) is 0 Å². The van der Waals surface area contributed by atoms with E-state index in [1.807, 2.05) is 6.92 Å². The van der Waals surface area contributed by atoms with Crippen molar-refractivity contribution in [3.63, 3.8) is 0 Å². The minimum absolute atomic E-state index is 0.305. The smallest absolute Gasteiger partial charge is 0.131 e. The van der Waals surface area contributed by atoms with Crippen molar-refractivity contribution in [2.24, 2.45) is 5.73 Å². The van der Waals surface area contributed by atoms with Gasteiger partial charge in [0.05, 0.1) is 0 Å².